The molecule has 1 amide bonds. The topological polar surface area (TPSA) is 35.6 Å². The molecular formula is C19H24FN3OS. The second-order valence-corrected chi connectivity index (χ2v) is 7.37. The van der Waals surface area contributed by atoms with Crippen LogP contribution in [0.1, 0.15) is 24.1 Å². The fourth-order valence-electron chi connectivity index (χ4n) is 3.16. The van der Waals surface area contributed by atoms with E-state index in [1.165, 1.54) is 6.07 Å². The zero-order chi connectivity index (χ0) is 17.8. The zero-order valence-electron chi connectivity index (χ0n) is 14.7. The van der Waals surface area contributed by atoms with Gasteiger partial charge in [0, 0.05) is 37.4 Å². The Morgan fingerprint density at radius 2 is 2.04 bits per heavy atom. The van der Waals surface area contributed by atoms with Crippen LogP contribution >= 0.6 is 11.3 Å². The number of rotatable bonds is 5. The molecule has 1 N–H and O–H groups in total. The van der Waals surface area contributed by atoms with Crippen molar-refractivity contribution in [3.63, 3.8) is 0 Å². The molecule has 4 nitrogen and oxygen atoms in total. The molecule has 1 aliphatic heterocycles. The molecule has 0 saturated carbocycles. The van der Waals surface area contributed by atoms with E-state index >= 15 is 0 Å². The number of benzene rings is 1. The van der Waals surface area contributed by atoms with Crippen molar-refractivity contribution in [2.45, 2.75) is 19.4 Å². The predicted octanol–water partition coefficient (Wildman–Crippen LogP) is 3.06. The second-order valence-electron chi connectivity index (χ2n) is 6.59. The molecule has 1 fully saturated rings. The van der Waals surface area contributed by atoms with Crippen molar-refractivity contribution in [3.8, 4) is 0 Å². The van der Waals surface area contributed by atoms with Crippen molar-refractivity contribution in [1.29, 1.82) is 0 Å². The van der Waals surface area contributed by atoms with Crippen molar-refractivity contribution in [3.05, 3.63) is 52.0 Å². The van der Waals surface area contributed by atoms with Crippen LogP contribution in [0.5, 0.6) is 0 Å². The number of anilines is 1. The Balaban J connectivity index is 1.73. The van der Waals surface area contributed by atoms with Crippen LogP contribution in [0.2, 0.25) is 0 Å². The van der Waals surface area contributed by atoms with E-state index in [2.05, 4.69) is 22.2 Å². The van der Waals surface area contributed by atoms with Gasteiger partial charge in [-0.3, -0.25) is 4.79 Å². The lowest BCUT2D eigenvalue weighted by Gasteiger charge is -2.36. The van der Waals surface area contributed by atoms with E-state index in [1.54, 1.807) is 17.4 Å². The number of likely N-dealkylation sites (N-methyl/N-ethyl adjacent to an activating group) is 1. The summed E-state index contributed by atoms with van der Waals surface area (Å²) in [4.78, 5) is 16.8. The van der Waals surface area contributed by atoms with Crippen molar-refractivity contribution in [1.82, 2.24) is 10.2 Å². The van der Waals surface area contributed by atoms with Gasteiger partial charge >= 0.3 is 0 Å². The number of amides is 1. The molecule has 134 valence electrons. The lowest BCUT2D eigenvalue weighted by molar-refractivity contribution is -0.121. The van der Waals surface area contributed by atoms with Gasteiger partial charge in [0.25, 0.3) is 0 Å². The van der Waals surface area contributed by atoms with Crippen LogP contribution in [0.3, 0.4) is 0 Å². The Morgan fingerprint density at radius 1 is 1.28 bits per heavy atom. The quantitative estimate of drug-likeness (QED) is 0.889. The zero-order valence-corrected chi connectivity index (χ0v) is 15.5. The molecule has 25 heavy (non-hydrogen) atoms. The SMILES string of the molecule is CC(NC(=O)Cc1ccsc1)c1cc(F)ccc1N1CCN(C)CC1. The first kappa shape index (κ1) is 17.9. The largest absolute Gasteiger partial charge is 0.369 e. The first-order valence-electron chi connectivity index (χ1n) is 8.56. The van der Waals surface area contributed by atoms with Crippen molar-refractivity contribution < 1.29 is 9.18 Å². The van der Waals surface area contributed by atoms with Gasteiger partial charge in [-0.1, -0.05) is 0 Å². The highest BCUT2D eigenvalue weighted by molar-refractivity contribution is 7.08. The maximum atomic E-state index is 13.8. The van der Waals surface area contributed by atoms with Gasteiger partial charge in [0.15, 0.2) is 0 Å². The average molecular weight is 361 g/mol. The Labute approximate surface area is 152 Å². The van der Waals surface area contributed by atoms with Gasteiger partial charge in [-0.25, -0.2) is 4.39 Å². The molecule has 3 rings (SSSR count). The fourth-order valence-corrected chi connectivity index (χ4v) is 3.83. The van der Waals surface area contributed by atoms with Crippen molar-refractivity contribution in [2.24, 2.45) is 0 Å². The highest BCUT2D eigenvalue weighted by atomic mass is 32.1. The summed E-state index contributed by atoms with van der Waals surface area (Å²) < 4.78 is 13.8. The number of carbonyl (C=O) groups excluding carboxylic acids is 1. The molecule has 0 bridgehead atoms. The lowest BCUT2D eigenvalue weighted by atomic mass is 10.0. The molecule has 2 heterocycles. The van der Waals surface area contributed by atoms with Crippen LogP contribution < -0.4 is 10.2 Å². The van der Waals surface area contributed by atoms with E-state index in [4.69, 9.17) is 0 Å². The van der Waals surface area contributed by atoms with Crippen LogP contribution in [0.15, 0.2) is 35.0 Å². The molecular weight excluding hydrogens is 337 g/mol. The van der Waals surface area contributed by atoms with Gasteiger partial charge in [-0.2, -0.15) is 11.3 Å². The Bertz CT molecular complexity index is 711. The maximum absolute atomic E-state index is 13.8. The molecule has 1 aromatic heterocycles. The van der Waals surface area contributed by atoms with Gasteiger partial charge in [0.2, 0.25) is 5.91 Å². The smallest absolute Gasteiger partial charge is 0.224 e. The summed E-state index contributed by atoms with van der Waals surface area (Å²) in [7, 11) is 2.11. The summed E-state index contributed by atoms with van der Waals surface area (Å²) in [6, 6.07) is 6.58. The number of carbonyl (C=O) groups is 1. The number of hydrogen-bond donors (Lipinski definition) is 1. The van der Waals surface area contributed by atoms with Crippen molar-refractivity contribution >= 4 is 22.9 Å². The molecule has 1 aliphatic rings. The summed E-state index contributed by atoms with van der Waals surface area (Å²) in [6.07, 6.45) is 0.354. The number of nitrogens with zero attached hydrogens (tertiary/aromatic N) is 2. The van der Waals surface area contributed by atoms with E-state index in [0.717, 1.165) is 43.0 Å². The minimum Gasteiger partial charge on any atom is -0.369 e. The van der Waals surface area contributed by atoms with Gasteiger partial charge in [-0.05, 0) is 54.6 Å². The van der Waals surface area contributed by atoms with E-state index < -0.39 is 0 Å². The standard InChI is InChI=1S/C19H24FN3OS/c1-14(21-19(24)11-15-5-10-25-13-15)17-12-16(20)3-4-18(17)23-8-6-22(2)7-9-23/h3-5,10,12-14H,6-9,11H2,1-2H3,(H,21,24). The first-order chi connectivity index (χ1) is 12.0. The minimum absolute atomic E-state index is 0.0421. The number of halogens is 1. The van der Waals surface area contributed by atoms with E-state index in [-0.39, 0.29) is 17.8 Å². The minimum atomic E-state index is -0.271. The first-order valence-corrected chi connectivity index (χ1v) is 9.50. The summed E-state index contributed by atoms with van der Waals surface area (Å²) in [5, 5.41) is 6.95. The fraction of sp³-hybridized carbons (Fsp3) is 0.421. The maximum Gasteiger partial charge on any atom is 0.224 e. The van der Waals surface area contributed by atoms with Crippen LogP contribution in [0, 0.1) is 5.82 Å². The third-order valence-electron chi connectivity index (χ3n) is 4.62. The summed E-state index contributed by atoms with van der Waals surface area (Å²) in [5.41, 5.74) is 2.86. The Hall–Kier alpha value is -1.92. The monoisotopic (exact) mass is 361 g/mol. The van der Waals surface area contributed by atoms with E-state index in [1.807, 2.05) is 29.8 Å². The molecule has 6 heteroatoms. The lowest BCUT2D eigenvalue weighted by Crippen LogP contribution is -2.45. The summed E-state index contributed by atoms with van der Waals surface area (Å²) in [5.74, 6) is -0.314. The molecule has 1 atom stereocenters. The van der Waals surface area contributed by atoms with Crippen LogP contribution in [0.4, 0.5) is 10.1 Å². The Morgan fingerprint density at radius 3 is 2.72 bits per heavy atom. The number of nitrogens with one attached hydrogen (secondary N) is 1. The Kier molecular flexibility index (Phi) is 5.71. The van der Waals surface area contributed by atoms with Gasteiger partial charge in [-0.15, -0.1) is 0 Å². The number of thiophene rings is 1. The summed E-state index contributed by atoms with van der Waals surface area (Å²) >= 11 is 1.58. The molecule has 2 aromatic rings. The third-order valence-corrected chi connectivity index (χ3v) is 5.35. The molecule has 0 radical (unpaired) electrons. The number of hydrogen-bond acceptors (Lipinski definition) is 4. The summed E-state index contributed by atoms with van der Waals surface area (Å²) in [6.45, 7) is 5.70. The molecule has 1 saturated heterocycles. The predicted molar refractivity (Wildman–Crippen MR) is 101 cm³/mol. The van der Waals surface area contributed by atoms with E-state index in [0.29, 0.717) is 6.42 Å². The van der Waals surface area contributed by atoms with Crippen LogP contribution in [-0.4, -0.2) is 44.0 Å². The van der Waals surface area contributed by atoms with Crippen LogP contribution in [0.25, 0.3) is 0 Å². The van der Waals surface area contributed by atoms with Gasteiger partial charge in [0.1, 0.15) is 5.82 Å². The highest BCUT2D eigenvalue weighted by Gasteiger charge is 2.21. The molecule has 1 aromatic carbocycles. The molecule has 0 spiro atoms. The van der Waals surface area contributed by atoms with Gasteiger partial charge < -0.3 is 15.1 Å². The second kappa shape index (κ2) is 7.97. The molecule has 1 unspecified atom stereocenters. The van der Waals surface area contributed by atoms with Gasteiger partial charge in [0.05, 0.1) is 12.5 Å². The molecule has 0 aliphatic carbocycles. The third kappa shape index (κ3) is 4.58. The average Bonchev–Trinajstić information content (AvgIpc) is 3.08. The highest BCUT2D eigenvalue weighted by Crippen LogP contribution is 2.28. The normalized spacial score (nSPS) is 16.7. The number of piperazine rings is 1. The van der Waals surface area contributed by atoms with E-state index in [9.17, 15) is 9.18 Å². The van der Waals surface area contributed by atoms with Crippen LogP contribution in [-0.2, 0) is 11.2 Å². The van der Waals surface area contributed by atoms with Crippen molar-refractivity contribution in [2.75, 3.05) is 38.1 Å².